The van der Waals surface area contributed by atoms with Crippen LogP contribution in [-0.2, 0) is 6.54 Å². The average molecular weight is 506 g/mol. The van der Waals surface area contributed by atoms with Crippen molar-refractivity contribution in [3.05, 3.63) is 100 Å². The predicted octanol–water partition coefficient (Wildman–Crippen LogP) is 6.49. The molecule has 0 spiro atoms. The Hall–Kier alpha value is -3.39. The molecule has 168 valence electrons. The van der Waals surface area contributed by atoms with E-state index < -0.39 is 0 Å². The van der Waals surface area contributed by atoms with Crippen LogP contribution in [0.4, 0.5) is 0 Å². The molecule has 0 aliphatic rings. The number of benzene rings is 2. The number of H-pyrrole nitrogens is 1. The second kappa shape index (κ2) is 9.46. The Bertz CT molecular complexity index is 1580. The largest absolute Gasteiger partial charge is 0.321 e. The van der Waals surface area contributed by atoms with Crippen molar-refractivity contribution in [2.45, 2.75) is 16.6 Å². The molecule has 0 bridgehead atoms. The molecule has 9 heteroatoms. The van der Waals surface area contributed by atoms with Crippen molar-refractivity contribution in [2.75, 3.05) is 0 Å². The molecular formula is C25H17Cl2N5OS. The molecule has 34 heavy (non-hydrogen) atoms. The molecule has 0 radical (unpaired) electrons. The fourth-order valence-corrected chi connectivity index (χ4v) is 5.14. The summed E-state index contributed by atoms with van der Waals surface area (Å²) in [6.07, 6.45) is 5.18. The molecule has 1 N–H and O–H groups in total. The summed E-state index contributed by atoms with van der Waals surface area (Å²) < 4.78 is 1.90. The number of aromatic nitrogens is 5. The number of hydrogen-bond acceptors (Lipinski definition) is 5. The number of allylic oxidation sites excluding steroid dienone is 1. The zero-order chi connectivity index (χ0) is 23.7. The summed E-state index contributed by atoms with van der Waals surface area (Å²) in [5.41, 5.74) is 2.62. The van der Waals surface area contributed by atoms with Gasteiger partial charge in [0.15, 0.2) is 11.0 Å². The molecule has 5 aromatic rings. The molecule has 0 saturated carbocycles. The highest BCUT2D eigenvalue weighted by Crippen LogP contribution is 2.41. The second-order valence-corrected chi connectivity index (χ2v) is 9.20. The second-order valence-electron chi connectivity index (χ2n) is 7.38. The first-order valence-corrected chi connectivity index (χ1v) is 11.9. The molecular weight excluding hydrogens is 489 g/mol. The monoisotopic (exact) mass is 505 g/mol. The summed E-state index contributed by atoms with van der Waals surface area (Å²) in [6, 6.07) is 16.6. The Labute approximate surface area is 209 Å². The molecule has 0 unspecified atom stereocenters. The highest BCUT2D eigenvalue weighted by atomic mass is 35.5. The van der Waals surface area contributed by atoms with Crippen molar-refractivity contribution in [1.29, 1.82) is 0 Å². The lowest BCUT2D eigenvalue weighted by atomic mass is 10.0. The number of pyridine rings is 2. The van der Waals surface area contributed by atoms with Crippen LogP contribution in [0.25, 0.3) is 33.4 Å². The molecule has 5 rings (SSSR count). The average Bonchev–Trinajstić information content (AvgIpc) is 3.23. The first kappa shape index (κ1) is 22.4. The van der Waals surface area contributed by atoms with Crippen LogP contribution < -0.4 is 5.56 Å². The van der Waals surface area contributed by atoms with Crippen molar-refractivity contribution in [2.24, 2.45) is 0 Å². The maximum Gasteiger partial charge on any atom is 0.263 e. The van der Waals surface area contributed by atoms with E-state index in [2.05, 4.69) is 26.7 Å². The van der Waals surface area contributed by atoms with Crippen LogP contribution in [0.5, 0.6) is 0 Å². The number of hydrogen-bond donors (Lipinski definition) is 1. The van der Waals surface area contributed by atoms with Gasteiger partial charge in [-0.25, -0.2) is 0 Å². The Morgan fingerprint density at radius 1 is 1.09 bits per heavy atom. The van der Waals surface area contributed by atoms with Gasteiger partial charge in [-0.2, -0.15) is 0 Å². The van der Waals surface area contributed by atoms with Gasteiger partial charge in [0.1, 0.15) is 0 Å². The molecule has 3 heterocycles. The minimum Gasteiger partial charge on any atom is -0.321 e. The number of rotatable bonds is 6. The summed E-state index contributed by atoms with van der Waals surface area (Å²) in [6.45, 7) is 4.32. The first-order valence-electron chi connectivity index (χ1n) is 10.3. The van der Waals surface area contributed by atoms with Crippen LogP contribution in [0, 0.1) is 0 Å². The normalized spacial score (nSPS) is 11.1. The summed E-state index contributed by atoms with van der Waals surface area (Å²) >= 11 is 14.0. The lowest BCUT2D eigenvalue weighted by molar-refractivity contribution is 0.731. The van der Waals surface area contributed by atoms with Gasteiger partial charge in [0.25, 0.3) is 5.56 Å². The van der Waals surface area contributed by atoms with Gasteiger partial charge in [0, 0.05) is 51.1 Å². The van der Waals surface area contributed by atoms with Gasteiger partial charge in [-0.15, -0.1) is 16.8 Å². The van der Waals surface area contributed by atoms with E-state index in [1.165, 1.54) is 11.8 Å². The minimum absolute atomic E-state index is 0.272. The van der Waals surface area contributed by atoms with Crippen molar-refractivity contribution >= 4 is 45.9 Å². The first-order chi connectivity index (χ1) is 16.6. The van der Waals surface area contributed by atoms with Crippen molar-refractivity contribution in [1.82, 2.24) is 24.7 Å². The predicted molar refractivity (Wildman–Crippen MR) is 138 cm³/mol. The van der Waals surface area contributed by atoms with Crippen LogP contribution in [0.2, 0.25) is 10.0 Å². The van der Waals surface area contributed by atoms with Gasteiger partial charge >= 0.3 is 0 Å². The van der Waals surface area contributed by atoms with Gasteiger partial charge in [-0.1, -0.05) is 53.5 Å². The SMILES string of the molecule is C=CCn1c(Sc2c(-c3ccccc3Cl)c3ccc(Cl)cc3[nH]c2=O)nnc1-c1cccnc1. The van der Waals surface area contributed by atoms with Crippen LogP contribution in [-0.4, -0.2) is 24.7 Å². The molecule has 6 nitrogen and oxygen atoms in total. The maximum absolute atomic E-state index is 13.4. The van der Waals surface area contributed by atoms with Gasteiger partial charge in [-0.05, 0) is 42.1 Å². The van der Waals surface area contributed by atoms with Crippen molar-refractivity contribution in [3.63, 3.8) is 0 Å². The number of aromatic amines is 1. The molecule has 0 aliphatic heterocycles. The molecule has 0 aliphatic carbocycles. The van der Waals surface area contributed by atoms with E-state index in [0.717, 1.165) is 16.5 Å². The molecule has 2 aromatic carbocycles. The topological polar surface area (TPSA) is 76.5 Å². The number of fused-ring (bicyclic) bond motifs is 1. The molecule has 0 saturated heterocycles. The van der Waals surface area contributed by atoms with E-state index in [9.17, 15) is 4.79 Å². The zero-order valence-electron chi connectivity index (χ0n) is 17.7. The minimum atomic E-state index is -0.272. The van der Waals surface area contributed by atoms with Crippen molar-refractivity contribution < 1.29 is 0 Å². The third-order valence-electron chi connectivity index (χ3n) is 5.22. The summed E-state index contributed by atoms with van der Waals surface area (Å²) in [4.78, 5) is 20.9. The zero-order valence-corrected chi connectivity index (χ0v) is 20.0. The van der Waals surface area contributed by atoms with Crippen LogP contribution >= 0.6 is 35.0 Å². The third-order valence-corrected chi connectivity index (χ3v) is 6.86. The maximum atomic E-state index is 13.4. The fraction of sp³-hybridized carbons (Fsp3) is 0.0400. The Balaban J connectivity index is 1.74. The Morgan fingerprint density at radius 2 is 1.94 bits per heavy atom. The van der Waals surface area contributed by atoms with Gasteiger partial charge in [-0.3, -0.25) is 14.3 Å². The molecule has 0 amide bonds. The van der Waals surface area contributed by atoms with E-state index >= 15 is 0 Å². The van der Waals surface area contributed by atoms with Crippen LogP contribution in [0.1, 0.15) is 0 Å². The van der Waals surface area contributed by atoms with E-state index in [4.69, 9.17) is 23.2 Å². The number of nitrogens with one attached hydrogen (secondary N) is 1. The van der Waals surface area contributed by atoms with Gasteiger partial charge in [0.2, 0.25) is 0 Å². The molecule has 0 fully saturated rings. The van der Waals surface area contributed by atoms with E-state index in [1.807, 2.05) is 41.0 Å². The fourth-order valence-electron chi connectivity index (χ4n) is 3.74. The standard InChI is InChI=1S/C25H17Cl2N5OS/c1-2-12-32-23(15-6-5-11-28-14-15)30-31-25(32)34-22-21(17-7-3-4-8-19(17)27)18-10-9-16(26)13-20(18)29-24(22)33/h2-11,13-14H,1,12H2,(H,29,33). The van der Waals surface area contributed by atoms with E-state index in [1.54, 1.807) is 36.7 Å². The quantitative estimate of drug-likeness (QED) is 0.266. The van der Waals surface area contributed by atoms with Crippen LogP contribution in [0.15, 0.2) is 94.5 Å². The summed E-state index contributed by atoms with van der Waals surface area (Å²) in [7, 11) is 0. The smallest absolute Gasteiger partial charge is 0.263 e. The van der Waals surface area contributed by atoms with Crippen molar-refractivity contribution in [3.8, 4) is 22.5 Å². The third kappa shape index (κ3) is 4.14. The number of nitrogens with zero attached hydrogens (tertiary/aromatic N) is 4. The van der Waals surface area contributed by atoms with Gasteiger partial charge in [0.05, 0.1) is 10.4 Å². The van der Waals surface area contributed by atoms with Crippen LogP contribution in [0.3, 0.4) is 0 Å². The van der Waals surface area contributed by atoms with Gasteiger partial charge < -0.3 is 4.98 Å². The molecule has 0 atom stereocenters. The highest BCUT2D eigenvalue weighted by Gasteiger charge is 2.22. The number of halogens is 2. The highest BCUT2D eigenvalue weighted by molar-refractivity contribution is 7.99. The molecule has 3 aromatic heterocycles. The van der Waals surface area contributed by atoms with E-state index in [-0.39, 0.29) is 5.56 Å². The lowest BCUT2D eigenvalue weighted by Crippen LogP contribution is -2.11. The lowest BCUT2D eigenvalue weighted by Gasteiger charge is -2.14. The van der Waals surface area contributed by atoms with E-state index in [0.29, 0.717) is 43.5 Å². The summed E-state index contributed by atoms with van der Waals surface area (Å²) in [5.74, 6) is 0.638. The Morgan fingerprint density at radius 3 is 2.71 bits per heavy atom. The Kier molecular flexibility index (Phi) is 6.24. The summed E-state index contributed by atoms with van der Waals surface area (Å²) in [5, 5.41) is 11.2.